The Kier molecular flexibility index (Phi) is 17.2. The molecule has 330 valence electrons. The third-order valence-corrected chi connectivity index (χ3v) is 10.3. The number of ketones is 2. The van der Waals surface area contributed by atoms with Crippen LogP contribution in [0.5, 0.6) is 5.75 Å². The summed E-state index contributed by atoms with van der Waals surface area (Å²) in [7, 11) is 0. The Bertz CT molecular complexity index is 2740. The summed E-state index contributed by atoms with van der Waals surface area (Å²) >= 11 is 43.1. The van der Waals surface area contributed by atoms with Crippen molar-refractivity contribution in [2.75, 3.05) is 21.3 Å². The lowest BCUT2D eigenvalue weighted by Gasteiger charge is -2.17. The average Bonchev–Trinajstić information content (AvgIpc) is 3.22. The van der Waals surface area contributed by atoms with E-state index < -0.39 is 52.8 Å². The molecule has 0 saturated heterocycles. The summed E-state index contributed by atoms with van der Waals surface area (Å²) in [5, 5.41) is 27.5. The normalized spacial score (nSPS) is 12.6. The Hall–Kier alpha value is -5.65. The van der Waals surface area contributed by atoms with E-state index in [9.17, 15) is 28.8 Å². The smallest absolute Gasteiger partial charge is 0.258 e. The van der Waals surface area contributed by atoms with E-state index in [4.69, 9.17) is 85.9 Å². The minimum Gasteiger partial charge on any atom is -0.473 e. The Morgan fingerprint density at radius 3 is 1.39 bits per heavy atom. The van der Waals surface area contributed by atoms with E-state index in [1.807, 2.05) is 0 Å². The number of carbonyl (C=O) groups excluding carboxylic acids is 6. The number of azo groups is 2. The molecule has 0 saturated carbocycles. The molecule has 0 aliphatic carbocycles. The highest BCUT2D eigenvalue weighted by Gasteiger charge is 2.27. The SMILES string of the molecule is CC(=O)C(N=Nc1cc(C(=O)Nc2cc(Cl)ccc2Cl)ccc1Cl)C(=O)Nc1ccc(NC(=O)C(N=Nc2cc(C(=O)Nc3cc(Cl)ccc3Cl)ccc2Cl)C(C)=O)c(OC(C)Cl)c1. The third-order valence-electron chi connectivity index (χ3n) is 8.39. The zero-order valence-electron chi connectivity index (χ0n) is 33.2. The predicted molar refractivity (Wildman–Crippen MR) is 249 cm³/mol. The van der Waals surface area contributed by atoms with Crippen LogP contribution in [0, 0.1) is 0 Å². The van der Waals surface area contributed by atoms with Crippen LogP contribution >= 0.6 is 81.2 Å². The van der Waals surface area contributed by atoms with Crippen LogP contribution in [-0.4, -0.2) is 52.8 Å². The van der Waals surface area contributed by atoms with Gasteiger partial charge in [0.1, 0.15) is 17.1 Å². The molecular weight excluding hydrogens is 977 g/mol. The van der Waals surface area contributed by atoms with Crippen LogP contribution < -0.4 is 26.0 Å². The number of benzene rings is 5. The van der Waals surface area contributed by atoms with Gasteiger partial charge in [0, 0.05) is 32.9 Å². The minimum absolute atomic E-state index is 0.00678. The molecule has 0 radical (unpaired) electrons. The van der Waals surface area contributed by atoms with Crippen molar-refractivity contribution in [1.82, 2.24) is 0 Å². The number of nitrogens with one attached hydrogen (secondary N) is 4. The second-order valence-electron chi connectivity index (χ2n) is 13.3. The summed E-state index contributed by atoms with van der Waals surface area (Å²) in [4.78, 5) is 78.1. The number of alkyl halides is 1. The molecule has 5 aromatic carbocycles. The molecule has 22 heteroatoms. The summed E-state index contributed by atoms with van der Waals surface area (Å²) in [5.41, 5.74) is -0.233. The fraction of sp³-hybridized carbons (Fsp3) is 0.143. The predicted octanol–water partition coefficient (Wildman–Crippen LogP) is 12.4. The van der Waals surface area contributed by atoms with Gasteiger partial charge in [0.2, 0.25) is 12.1 Å². The first-order valence-corrected chi connectivity index (χ1v) is 21.0. The number of halogens is 7. The van der Waals surface area contributed by atoms with Gasteiger partial charge in [0.05, 0.1) is 37.2 Å². The molecule has 0 fully saturated rings. The number of Topliss-reactive ketones (excluding diaryl/α,β-unsaturated/α-hetero) is 2. The van der Waals surface area contributed by atoms with E-state index in [2.05, 4.69) is 41.7 Å². The van der Waals surface area contributed by atoms with Crippen LogP contribution in [0.1, 0.15) is 41.5 Å². The number of rotatable bonds is 16. The Morgan fingerprint density at radius 1 is 0.516 bits per heavy atom. The van der Waals surface area contributed by atoms with Crippen molar-refractivity contribution in [2.45, 2.75) is 38.4 Å². The molecule has 0 aliphatic rings. The van der Waals surface area contributed by atoms with Crippen molar-refractivity contribution >= 4 is 151 Å². The van der Waals surface area contributed by atoms with Crippen LogP contribution in [0.4, 0.5) is 34.1 Å². The van der Waals surface area contributed by atoms with Crippen molar-refractivity contribution in [3.05, 3.63) is 132 Å². The van der Waals surface area contributed by atoms with Gasteiger partial charge in [-0.1, -0.05) is 81.2 Å². The maximum absolute atomic E-state index is 13.5. The number of hydrogen-bond donors (Lipinski definition) is 4. The fourth-order valence-corrected chi connectivity index (χ4v) is 6.38. The van der Waals surface area contributed by atoms with Crippen LogP contribution in [0.25, 0.3) is 0 Å². The van der Waals surface area contributed by atoms with Gasteiger partial charge < -0.3 is 26.0 Å². The van der Waals surface area contributed by atoms with Gasteiger partial charge in [-0.05, 0) is 106 Å². The molecule has 0 bridgehead atoms. The third kappa shape index (κ3) is 13.4. The number of carbonyl (C=O) groups is 6. The molecule has 5 aromatic rings. The van der Waals surface area contributed by atoms with Crippen molar-refractivity contribution in [2.24, 2.45) is 20.5 Å². The minimum atomic E-state index is -1.70. The van der Waals surface area contributed by atoms with E-state index in [0.29, 0.717) is 10.0 Å². The molecule has 0 spiro atoms. The van der Waals surface area contributed by atoms with Gasteiger partial charge in [-0.25, -0.2) is 0 Å². The lowest BCUT2D eigenvalue weighted by atomic mass is 10.1. The van der Waals surface area contributed by atoms with E-state index >= 15 is 0 Å². The first kappa shape index (κ1) is 49.4. The Balaban J connectivity index is 1.30. The van der Waals surface area contributed by atoms with E-state index in [-0.39, 0.29) is 71.1 Å². The molecule has 0 heterocycles. The van der Waals surface area contributed by atoms with Gasteiger partial charge in [-0.15, -0.1) is 0 Å². The van der Waals surface area contributed by atoms with Crippen LogP contribution in [0.15, 0.2) is 111 Å². The molecule has 4 N–H and O–H groups in total. The molecule has 3 unspecified atom stereocenters. The number of hydrogen-bond acceptors (Lipinski definition) is 11. The summed E-state index contributed by atoms with van der Waals surface area (Å²) in [6.45, 7) is 3.72. The van der Waals surface area contributed by atoms with E-state index in [0.717, 1.165) is 13.8 Å². The molecule has 4 amide bonds. The highest BCUT2D eigenvalue weighted by molar-refractivity contribution is 6.37. The van der Waals surface area contributed by atoms with Crippen LogP contribution in [0.3, 0.4) is 0 Å². The number of ether oxygens (including phenoxy) is 1. The molecule has 3 atom stereocenters. The highest BCUT2D eigenvalue weighted by Crippen LogP contribution is 2.33. The molecule has 0 aliphatic heterocycles. The molecule has 0 aromatic heterocycles. The molecular formula is C42H31Cl7N8O7. The van der Waals surface area contributed by atoms with Gasteiger partial charge in [0.15, 0.2) is 17.1 Å². The van der Waals surface area contributed by atoms with E-state index in [1.165, 1.54) is 85.8 Å². The standard InChI is InChI=1S/C42H31Cl7N8O7/c1-19(58)37(56-54-34-14-22(4-9-29(34)48)39(60)52-32-16-24(44)6-11-27(32)46)41(62)50-26-8-13-31(36(18-26)64-21(3)43)51-42(63)38(20(2)59)57-55-35-15-23(5-10-30(35)49)40(61)53-33-17-25(45)7-12-28(33)47/h4-18,21,37-38H,1-3H3,(H,50,62)(H,51,63)(H,52,60)(H,53,61). The van der Waals surface area contributed by atoms with Crippen LogP contribution in [-0.2, 0) is 19.2 Å². The topological polar surface area (TPSA) is 209 Å². The van der Waals surface area contributed by atoms with Crippen molar-refractivity contribution in [1.29, 1.82) is 0 Å². The lowest BCUT2D eigenvalue weighted by Crippen LogP contribution is -2.32. The van der Waals surface area contributed by atoms with E-state index in [1.54, 1.807) is 12.1 Å². The highest BCUT2D eigenvalue weighted by atomic mass is 35.5. The van der Waals surface area contributed by atoms with Crippen molar-refractivity contribution in [3.63, 3.8) is 0 Å². The Labute approximate surface area is 399 Å². The van der Waals surface area contributed by atoms with Gasteiger partial charge >= 0.3 is 0 Å². The maximum Gasteiger partial charge on any atom is 0.258 e. The van der Waals surface area contributed by atoms with Gasteiger partial charge in [-0.2, -0.15) is 20.5 Å². The number of anilines is 4. The van der Waals surface area contributed by atoms with Gasteiger partial charge in [-0.3, -0.25) is 28.8 Å². The first-order chi connectivity index (χ1) is 30.3. The second-order valence-corrected chi connectivity index (χ2v) is 16.4. The zero-order chi connectivity index (χ0) is 46.8. The average molecular weight is 1010 g/mol. The molecule has 15 nitrogen and oxygen atoms in total. The number of nitrogens with zero attached hydrogens (tertiary/aromatic N) is 4. The Morgan fingerprint density at radius 2 is 0.953 bits per heavy atom. The fourth-order valence-electron chi connectivity index (χ4n) is 5.30. The summed E-state index contributed by atoms with van der Waals surface area (Å²) in [6.07, 6.45) is 0. The molecule has 5 rings (SSSR count). The summed E-state index contributed by atoms with van der Waals surface area (Å²) in [5.74, 6) is -4.48. The van der Waals surface area contributed by atoms with Crippen LogP contribution in [0.2, 0.25) is 30.1 Å². The largest absolute Gasteiger partial charge is 0.473 e. The molecule has 64 heavy (non-hydrogen) atoms. The zero-order valence-corrected chi connectivity index (χ0v) is 38.5. The second kappa shape index (κ2) is 22.3. The van der Waals surface area contributed by atoms with Crippen molar-refractivity contribution in [3.8, 4) is 5.75 Å². The summed E-state index contributed by atoms with van der Waals surface area (Å²) in [6, 6.07) is 17.9. The maximum atomic E-state index is 13.5. The summed E-state index contributed by atoms with van der Waals surface area (Å²) < 4.78 is 5.67. The first-order valence-electron chi connectivity index (χ1n) is 18.3. The number of amides is 4. The lowest BCUT2D eigenvalue weighted by molar-refractivity contribution is -0.127. The monoisotopic (exact) mass is 1000 g/mol. The quantitative estimate of drug-likeness (QED) is 0.0426. The van der Waals surface area contributed by atoms with Gasteiger partial charge in [0.25, 0.3) is 23.6 Å². The van der Waals surface area contributed by atoms with Crippen molar-refractivity contribution < 1.29 is 33.5 Å².